The highest BCUT2D eigenvalue weighted by molar-refractivity contribution is 6.24. The van der Waals surface area contributed by atoms with Crippen LogP contribution in [0.15, 0.2) is 203 Å². The molecule has 312 valence electrons. The third kappa shape index (κ3) is 8.00. The second kappa shape index (κ2) is 18.4. The fourth-order valence-corrected chi connectivity index (χ4v) is 8.52. The Labute approximate surface area is 373 Å². The minimum atomic E-state index is 0.0428. The van der Waals surface area contributed by atoms with Crippen molar-refractivity contribution in [2.24, 2.45) is 31.6 Å². The Balaban J connectivity index is 1.11. The maximum Gasteiger partial charge on any atom is 0.157 e. The molecule has 3 N–H and O–H groups in total. The number of nitrogens with one attached hydrogen (secondary N) is 1. The van der Waals surface area contributed by atoms with E-state index in [0.717, 1.165) is 84.0 Å². The molecule has 64 heavy (non-hydrogen) atoms. The number of allylic oxidation sites excluding steroid dienone is 4. The van der Waals surface area contributed by atoms with Crippen LogP contribution in [0.25, 0.3) is 56.2 Å². The van der Waals surface area contributed by atoms with E-state index >= 15 is 0 Å². The third-order valence-electron chi connectivity index (χ3n) is 11.5. The van der Waals surface area contributed by atoms with Crippen LogP contribution in [0.3, 0.4) is 0 Å². The zero-order valence-corrected chi connectivity index (χ0v) is 35.9. The van der Waals surface area contributed by atoms with Crippen molar-refractivity contribution in [1.29, 1.82) is 5.41 Å². The summed E-state index contributed by atoms with van der Waals surface area (Å²) in [5.74, 6) is 1.83. The van der Waals surface area contributed by atoms with Gasteiger partial charge < -0.3 is 14.9 Å². The van der Waals surface area contributed by atoms with Gasteiger partial charge in [-0.25, -0.2) is 15.0 Å². The highest BCUT2D eigenvalue weighted by atomic mass is 15.0. The Morgan fingerprint density at radius 3 is 2.03 bits per heavy atom. The number of rotatable bonds is 10. The van der Waals surface area contributed by atoms with Crippen molar-refractivity contribution in [2.45, 2.75) is 26.8 Å². The topological polar surface area (TPSA) is 109 Å². The van der Waals surface area contributed by atoms with E-state index in [2.05, 4.69) is 123 Å². The molecule has 0 saturated heterocycles. The normalized spacial score (nSPS) is 14.8. The summed E-state index contributed by atoms with van der Waals surface area (Å²) in [6.45, 7) is 8.76. The molecule has 6 aromatic carbocycles. The van der Waals surface area contributed by atoms with Crippen LogP contribution in [-0.2, 0) is 6.54 Å². The Hall–Kier alpha value is -8.23. The van der Waals surface area contributed by atoms with Crippen LogP contribution in [0, 0.1) is 11.3 Å². The highest BCUT2D eigenvalue weighted by Crippen LogP contribution is 2.42. The molecular weight excluding hydrogens is 785 g/mol. The summed E-state index contributed by atoms with van der Waals surface area (Å²) in [6, 6.07) is 49.4. The zero-order valence-electron chi connectivity index (χ0n) is 35.9. The van der Waals surface area contributed by atoms with Gasteiger partial charge in [0, 0.05) is 61.9 Å². The molecule has 1 aliphatic carbocycles. The number of amidine groups is 4. The minimum absolute atomic E-state index is 0.0428. The summed E-state index contributed by atoms with van der Waals surface area (Å²) in [6.07, 6.45) is 17.0. The van der Waals surface area contributed by atoms with Gasteiger partial charge in [-0.05, 0) is 98.6 Å². The van der Waals surface area contributed by atoms with Crippen molar-refractivity contribution in [3.05, 3.63) is 216 Å². The predicted octanol–water partition coefficient (Wildman–Crippen LogP) is 12.7. The maximum absolute atomic E-state index is 8.92. The Kier molecular flexibility index (Phi) is 11.8. The largest absolute Gasteiger partial charge is 0.383 e. The number of aromatic nitrogens is 2. The molecule has 9 rings (SSSR count). The SMILES string of the molecule is C=Cc1c(/C=C\C)n(-c2ccc(C(N)=NC(=NCc3ccccc3)c3ccccc3)cc2)c2ccc3c(c4ccccc4n3-c3ccc(C(=N)N=C(N=CC)C4C=CC=CC4)cc3)c12. The molecule has 1 unspecified atom stereocenters. The number of benzene rings is 6. The highest BCUT2D eigenvalue weighted by Gasteiger charge is 2.22. The molecule has 2 heterocycles. The van der Waals surface area contributed by atoms with Gasteiger partial charge in [0.1, 0.15) is 11.7 Å². The zero-order chi connectivity index (χ0) is 44.0. The van der Waals surface area contributed by atoms with Gasteiger partial charge >= 0.3 is 0 Å². The molecule has 8 nitrogen and oxygen atoms in total. The molecule has 8 heteroatoms. The average Bonchev–Trinajstić information content (AvgIpc) is 3.85. The van der Waals surface area contributed by atoms with Crippen molar-refractivity contribution in [1.82, 2.24) is 9.13 Å². The Morgan fingerprint density at radius 1 is 0.703 bits per heavy atom. The molecular formula is C56H48N8. The number of hydrogen-bond donors (Lipinski definition) is 2. The van der Waals surface area contributed by atoms with Crippen LogP contribution in [0.5, 0.6) is 0 Å². The summed E-state index contributed by atoms with van der Waals surface area (Å²) >= 11 is 0. The van der Waals surface area contributed by atoms with Gasteiger partial charge in [-0.3, -0.25) is 10.4 Å². The lowest BCUT2D eigenvalue weighted by Crippen LogP contribution is -2.16. The summed E-state index contributed by atoms with van der Waals surface area (Å²) < 4.78 is 4.60. The summed E-state index contributed by atoms with van der Waals surface area (Å²) in [4.78, 5) is 19.0. The van der Waals surface area contributed by atoms with Crippen LogP contribution in [0.2, 0.25) is 0 Å². The van der Waals surface area contributed by atoms with Gasteiger partial charge in [0.25, 0.3) is 0 Å². The Morgan fingerprint density at radius 2 is 1.36 bits per heavy atom. The lowest BCUT2D eigenvalue weighted by Gasteiger charge is -2.13. The number of hydrogen-bond acceptors (Lipinski definition) is 2. The molecule has 0 aliphatic heterocycles. The molecule has 0 spiro atoms. The molecule has 0 fully saturated rings. The first-order valence-electron chi connectivity index (χ1n) is 21.5. The Bertz CT molecular complexity index is 3240. The molecule has 0 bridgehead atoms. The van der Waals surface area contributed by atoms with Crippen molar-refractivity contribution in [2.75, 3.05) is 0 Å². The fourth-order valence-electron chi connectivity index (χ4n) is 8.52. The van der Waals surface area contributed by atoms with E-state index in [4.69, 9.17) is 21.1 Å². The van der Waals surface area contributed by atoms with E-state index in [-0.39, 0.29) is 11.8 Å². The van der Waals surface area contributed by atoms with E-state index in [0.29, 0.717) is 24.1 Å². The first-order chi connectivity index (χ1) is 31.5. The van der Waals surface area contributed by atoms with E-state index in [1.54, 1.807) is 6.21 Å². The lowest BCUT2D eigenvalue weighted by molar-refractivity contribution is 0.860. The van der Waals surface area contributed by atoms with Gasteiger partial charge in [0.15, 0.2) is 11.7 Å². The van der Waals surface area contributed by atoms with E-state index in [1.165, 1.54) is 0 Å². The number of nitrogens with two attached hydrogens (primary N) is 1. The summed E-state index contributed by atoms with van der Waals surface area (Å²) in [5.41, 5.74) is 17.5. The monoisotopic (exact) mass is 832 g/mol. The second-order valence-electron chi connectivity index (χ2n) is 15.5. The minimum Gasteiger partial charge on any atom is -0.383 e. The molecule has 0 amide bonds. The summed E-state index contributed by atoms with van der Waals surface area (Å²) in [5, 5.41) is 12.3. The third-order valence-corrected chi connectivity index (χ3v) is 11.5. The van der Waals surface area contributed by atoms with Crippen LogP contribution in [0.1, 0.15) is 53.8 Å². The smallest absolute Gasteiger partial charge is 0.157 e. The molecule has 0 saturated carbocycles. The van der Waals surface area contributed by atoms with Crippen molar-refractivity contribution in [3.8, 4) is 11.4 Å². The standard InChI is InChI=1S/C56H48N8/c1-4-18-47-45(5-2)51-49(63(47)43-31-27-40(28-32-43)54(58)62-56(42-23-14-9-15-24-42)60-37-38-19-10-7-11-20-38)35-36-50-52(51)46-25-16-17-26-48(46)64(50)44-33-29-39(30-34-44)53(57)61-55(59-6-3)41-21-12-8-13-22-41/h4-21,23-36,41,57H,2,22,37H2,1,3H3,(H2,58,60,62)/b18-4-,57-53?,59-6?,61-55?. The number of nitrogens with zero attached hydrogens (tertiary/aromatic N) is 6. The molecule has 0 radical (unpaired) electrons. The molecule has 8 aromatic rings. The maximum atomic E-state index is 8.92. The quantitative estimate of drug-likeness (QED) is 0.104. The second-order valence-corrected chi connectivity index (χ2v) is 15.5. The van der Waals surface area contributed by atoms with Crippen LogP contribution in [0.4, 0.5) is 0 Å². The van der Waals surface area contributed by atoms with Crippen molar-refractivity contribution < 1.29 is 0 Å². The van der Waals surface area contributed by atoms with Crippen LogP contribution in [-0.4, -0.2) is 38.7 Å². The lowest BCUT2D eigenvalue weighted by atomic mass is 9.99. The number of fused-ring (bicyclic) bond motifs is 5. The van der Waals surface area contributed by atoms with Crippen molar-refractivity contribution in [3.63, 3.8) is 0 Å². The molecule has 2 aromatic heterocycles. The summed E-state index contributed by atoms with van der Waals surface area (Å²) in [7, 11) is 0. The predicted molar refractivity (Wildman–Crippen MR) is 271 cm³/mol. The number of para-hydroxylation sites is 1. The number of aliphatic imine (C=N–C) groups is 4. The van der Waals surface area contributed by atoms with Gasteiger partial charge in [0.2, 0.25) is 0 Å². The van der Waals surface area contributed by atoms with Crippen LogP contribution < -0.4 is 5.73 Å². The van der Waals surface area contributed by atoms with Gasteiger partial charge in [0.05, 0.1) is 28.8 Å². The first-order valence-corrected chi connectivity index (χ1v) is 21.5. The van der Waals surface area contributed by atoms with Crippen molar-refractivity contribution >= 4 is 74.4 Å². The van der Waals surface area contributed by atoms with Gasteiger partial charge in [-0.1, -0.05) is 122 Å². The first kappa shape index (κ1) is 41.1. The molecule has 1 atom stereocenters. The van der Waals surface area contributed by atoms with E-state index in [1.807, 2.05) is 105 Å². The fraction of sp³-hybridized carbons (Fsp3) is 0.0893. The van der Waals surface area contributed by atoms with Crippen LogP contribution >= 0.6 is 0 Å². The van der Waals surface area contributed by atoms with E-state index < -0.39 is 0 Å². The molecule has 1 aliphatic rings. The van der Waals surface area contributed by atoms with Gasteiger partial charge in [-0.15, -0.1) is 0 Å². The average molecular weight is 833 g/mol. The van der Waals surface area contributed by atoms with Gasteiger partial charge in [-0.2, -0.15) is 0 Å². The van der Waals surface area contributed by atoms with E-state index in [9.17, 15) is 0 Å².